The van der Waals surface area contributed by atoms with Crippen LogP contribution in [-0.2, 0) is 11.2 Å². The lowest BCUT2D eigenvalue weighted by atomic mass is 10.0. The minimum absolute atomic E-state index is 0.0909. The number of furan rings is 1. The van der Waals surface area contributed by atoms with Gasteiger partial charge in [0.15, 0.2) is 17.3 Å². The summed E-state index contributed by atoms with van der Waals surface area (Å²) in [6.45, 7) is 2.07. The Balaban J connectivity index is 1.84. The lowest BCUT2D eigenvalue weighted by Gasteiger charge is -2.32. The molecule has 0 bridgehead atoms. The molecule has 1 fully saturated rings. The molecular formula is C28H32N2O5. The summed E-state index contributed by atoms with van der Waals surface area (Å²) >= 11 is 0. The van der Waals surface area contributed by atoms with Crippen molar-refractivity contribution in [2.75, 3.05) is 19.1 Å². The Hall–Kier alpha value is -3.74. The van der Waals surface area contributed by atoms with Crippen molar-refractivity contribution >= 4 is 17.5 Å². The summed E-state index contributed by atoms with van der Waals surface area (Å²) < 4.78 is 16.4. The Morgan fingerprint density at radius 3 is 2.34 bits per heavy atom. The van der Waals surface area contributed by atoms with E-state index in [-0.39, 0.29) is 17.7 Å². The van der Waals surface area contributed by atoms with Crippen molar-refractivity contribution < 1.29 is 23.5 Å². The number of benzene rings is 2. The van der Waals surface area contributed by atoms with Crippen LogP contribution in [0.5, 0.6) is 11.5 Å². The second-order valence-electron chi connectivity index (χ2n) is 8.68. The van der Waals surface area contributed by atoms with E-state index >= 15 is 0 Å². The number of nitrogens with one attached hydrogen (secondary N) is 1. The first kappa shape index (κ1) is 24.4. The van der Waals surface area contributed by atoms with E-state index in [0.717, 1.165) is 37.7 Å². The number of rotatable bonds is 9. The Morgan fingerprint density at radius 2 is 1.74 bits per heavy atom. The van der Waals surface area contributed by atoms with Crippen molar-refractivity contribution in [3.63, 3.8) is 0 Å². The second kappa shape index (κ2) is 11.1. The standard InChI is InChI=1S/C28H32N2O5/c1-4-19-11-14-22(15-12-19)30(28(32)24-10-7-17-35-24)26(27(31)29-21-8-5-6-9-21)20-13-16-23(33-2)25(18-20)34-3/h7,10-18,21,26H,4-6,8-9H2,1-3H3,(H,29,31)/t26-/m0/s1. The van der Waals surface area contributed by atoms with Crippen molar-refractivity contribution in [1.82, 2.24) is 5.32 Å². The van der Waals surface area contributed by atoms with Gasteiger partial charge in [0.1, 0.15) is 6.04 Å². The number of hydrogen-bond donors (Lipinski definition) is 1. The van der Waals surface area contributed by atoms with Gasteiger partial charge in [-0.3, -0.25) is 14.5 Å². The average molecular weight is 477 g/mol. The number of carbonyl (C=O) groups excluding carboxylic acids is 2. The lowest BCUT2D eigenvalue weighted by Crippen LogP contribution is -2.46. The molecule has 0 radical (unpaired) electrons. The molecule has 1 aromatic heterocycles. The maximum Gasteiger partial charge on any atom is 0.294 e. The van der Waals surface area contributed by atoms with Gasteiger partial charge >= 0.3 is 0 Å². The number of anilines is 1. The summed E-state index contributed by atoms with van der Waals surface area (Å²) in [4.78, 5) is 29.2. The first-order valence-corrected chi connectivity index (χ1v) is 12.0. The van der Waals surface area contributed by atoms with Gasteiger partial charge in [0.2, 0.25) is 5.91 Å². The molecule has 3 aromatic rings. The molecule has 7 nitrogen and oxygen atoms in total. The van der Waals surface area contributed by atoms with E-state index in [0.29, 0.717) is 22.7 Å². The average Bonchev–Trinajstić information content (AvgIpc) is 3.61. The van der Waals surface area contributed by atoms with E-state index in [1.165, 1.54) is 11.2 Å². The molecule has 35 heavy (non-hydrogen) atoms. The third kappa shape index (κ3) is 5.34. The van der Waals surface area contributed by atoms with E-state index in [1.54, 1.807) is 44.6 Å². The molecule has 1 aliphatic carbocycles. The number of methoxy groups -OCH3 is 2. The van der Waals surface area contributed by atoms with Crippen LogP contribution in [0.4, 0.5) is 5.69 Å². The summed E-state index contributed by atoms with van der Waals surface area (Å²) in [5.74, 6) is 0.533. The first-order chi connectivity index (χ1) is 17.0. The van der Waals surface area contributed by atoms with Gasteiger partial charge < -0.3 is 19.2 Å². The van der Waals surface area contributed by atoms with Crippen LogP contribution in [0.3, 0.4) is 0 Å². The number of ether oxygens (including phenoxy) is 2. The molecule has 0 aliphatic heterocycles. The molecule has 7 heteroatoms. The third-order valence-corrected chi connectivity index (χ3v) is 6.50. The highest BCUT2D eigenvalue weighted by atomic mass is 16.5. The van der Waals surface area contributed by atoms with E-state index in [9.17, 15) is 9.59 Å². The van der Waals surface area contributed by atoms with Crippen LogP contribution in [0, 0.1) is 0 Å². The molecule has 1 N–H and O–H groups in total. The van der Waals surface area contributed by atoms with Crippen LogP contribution in [0.1, 0.15) is 60.3 Å². The Bertz CT molecular complexity index is 1130. The van der Waals surface area contributed by atoms with Crippen molar-refractivity contribution in [3.8, 4) is 11.5 Å². The Labute approximate surface area is 206 Å². The van der Waals surface area contributed by atoms with E-state index in [4.69, 9.17) is 13.9 Å². The largest absolute Gasteiger partial charge is 0.493 e. The molecular weight excluding hydrogens is 444 g/mol. The van der Waals surface area contributed by atoms with Gasteiger partial charge in [-0.1, -0.05) is 38.0 Å². The zero-order valence-corrected chi connectivity index (χ0v) is 20.5. The molecule has 1 aliphatic rings. The summed E-state index contributed by atoms with van der Waals surface area (Å²) in [5.41, 5.74) is 2.35. The van der Waals surface area contributed by atoms with Gasteiger partial charge in [0.25, 0.3) is 5.91 Å². The number of amides is 2. The van der Waals surface area contributed by atoms with Gasteiger partial charge in [-0.2, -0.15) is 0 Å². The monoisotopic (exact) mass is 476 g/mol. The maximum absolute atomic E-state index is 13.9. The minimum Gasteiger partial charge on any atom is -0.493 e. The Kier molecular flexibility index (Phi) is 7.75. The third-order valence-electron chi connectivity index (χ3n) is 6.50. The number of aryl methyl sites for hydroxylation is 1. The quantitative estimate of drug-likeness (QED) is 0.453. The molecule has 184 valence electrons. The highest BCUT2D eigenvalue weighted by Crippen LogP contribution is 2.36. The highest BCUT2D eigenvalue weighted by molar-refractivity contribution is 6.08. The van der Waals surface area contributed by atoms with Crippen molar-refractivity contribution in [1.29, 1.82) is 0 Å². The fourth-order valence-corrected chi connectivity index (χ4v) is 4.59. The minimum atomic E-state index is -0.944. The van der Waals surface area contributed by atoms with Crippen LogP contribution >= 0.6 is 0 Å². The lowest BCUT2D eigenvalue weighted by molar-refractivity contribution is -0.123. The van der Waals surface area contributed by atoms with Gasteiger partial charge in [0, 0.05) is 11.7 Å². The molecule has 1 heterocycles. The first-order valence-electron chi connectivity index (χ1n) is 12.0. The van der Waals surface area contributed by atoms with Gasteiger partial charge in [-0.15, -0.1) is 0 Å². The molecule has 1 saturated carbocycles. The van der Waals surface area contributed by atoms with Crippen molar-refractivity contribution in [2.45, 2.75) is 51.1 Å². The molecule has 0 unspecified atom stereocenters. The van der Waals surface area contributed by atoms with Gasteiger partial charge in [-0.25, -0.2) is 0 Å². The van der Waals surface area contributed by atoms with Crippen LogP contribution in [0.15, 0.2) is 65.3 Å². The molecule has 0 spiro atoms. The summed E-state index contributed by atoms with van der Waals surface area (Å²) in [5, 5.41) is 3.18. The van der Waals surface area contributed by atoms with Crippen LogP contribution in [0.25, 0.3) is 0 Å². The normalized spacial score (nSPS) is 14.4. The predicted molar refractivity (Wildman–Crippen MR) is 134 cm³/mol. The van der Waals surface area contributed by atoms with Gasteiger partial charge in [0.05, 0.1) is 20.5 Å². The molecule has 2 amide bonds. The number of nitrogens with zero attached hydrogens (tertiary/aromatic N) is 1. The van der Waals surface area contributed by atoms with Gasteiger partial charge in [-0.05, 0) is 66.8 Å². The summed E-state index contributed by atoms with van der Waals surface area (Å²) in [6, 6.07) is 15.4. The van der Waals surface area contributed by atoms with Crippen molar-refractivity contribution in [3.05, 3.63) is 77.7 Å². The van der Waals surface area contributed by atoms with E-state index < -0.39 is 11.9 Å². The zero-order chi connectivity index (χ0) is 24.8. The number of hydrogen-bond acceptors (Lipinski definition) is 5. The maximum atomic E-state index is 13.9. The predicted octanol–water partition coefficient (Wildman–Crippen LogP) is 5.31. The smallest absolute Gasteiger partial charge is 0.294 e. The highest BCUT2D eigenvalue weighted by Gasteiger charge is 2.36. The molecule has 2 aromatic carbocycles. The molecule has 0 saturated heterocycles. The summed E-state index contributed by atoms with van der Waals surface area (Å²) in [6.07, 6.45) is 6.35. The van der Waals surface area contributed by atoms with Crippen LogP contribution in [0.2, 0.25) is 0 Å². The fraction of sp³-hybridized carbons (Fsp3) is 0.357. The fourth-order valence-electron chi connectivity index (χ4n) is 4.59. The van der Waals surface area contributed by atoms with Crippen molar-refractivity contribution in [2.24, 2.45) is 0 Å². The van der Waals surface area contributed by atoms with Crippen LogP contribution in [-0.4, -0.2) is 32.1 Å². The number of carbonyl (C=O) groups is 2. The van der Waals surface area contributed by atoms with E-state index in [2.05, 4.69) is 12.2 Å². The molecule has 1 atom stereocenters. The molecule has 4 rings (SSSR count). The van der Waals surface area contributed by atoms with E-state index in [1.807, 2.05) is 24.3 Å². The topological polar surface area (TPSA) is 81.0 Å². The SMILES string of the molecule is CCc1ccc(N(C(=O)c2ccco2)[C@H](C(=O)NC2CCCC2)c2ccc(OC)c(OC)c2)cc1. The second-order valence-corrected chi connectivity index (χ2v) is 8.68. The summed E-state index contributed by atoms with van der Waals surface area (Å²) in [7, 11) is 3.11. The van der Waals surface area contributed by atoms with Crippen LogP contribution < -0.4 is 19.7 Å². The Morgan fingerprint density at radius 1 is 1.03 bits per heavy atom. The zero-order valence-electron chi connectivity index (χ0n) is 20.5.